The van der Waals surface area contributed by atoms with Crippen molar-refractivity contribution in [2.45, 2.75) is 13.5 Å². The van der Waals surface area contributed by atoms with Crippen LogP contribution in [0.4, 0.5) is 16.2 Å². The first-order chi connectivity index (χ1) is 8.60. The predicted molar refractivity (Wildman–Crippen MR) is 65.4 cm³/mol. The fourth-order valence-electron chi connectivity index (χ4n) is 1.57. The maximum Gasteiger partial charge on any atom is 0.239 e. The number of aryl methyl sites for hydroxylation is 1. The third-order valence-electron chi connectivity index (χ3n) is 2.41. The lowest BCUT2D eigenvalue weighted by atomic mass is 10.4. The third kappa shape index (κ3) is 2.57. The van der Waals surface area contributed by atoms with E-state index in [-0.39, 0.29) is 11.8 Å². The van der Waals surface area contributed by atoms with Crippen LogP contribution in [0.25, 0.3) is 0 Å². The summed E-state index contributed by atoms with van der Waals surface area (Å²) >= 11 is 0. The molecule has 18 heavy (non-hydrogen) atoms. The van der Waals surface area contributed by atoms with Crippen molar-refractivity contribution < 1.29 is 8.81 Å². The Bertz CT molecular complexity index is 542. The molecule has 2 aromatic rings. The van der Waals surface area contributed by atoms with Crippen LogP contribution in [0.2, 0.25) is 0 Å². The molecule has 2 rings (SSSR count). The lowest BCUT2D eigenvalue weighted by Gasteiger charge is -2.17. The zero-order valence-corrected chi connectivity index (χ0v) is 10.1. The van der Waals surface area contributed by atoms with Crippen molar-refractivity contribution in [1.82, 2.24) is 9.97 Å². The molecule has 0 aliphatic carbocycles. The summed E-state index contributed by atoms with van der Waals surface area (Å²) in [5, 5.41) is 0. The minimum absolute atomic E-state index is 0.159. The molecule has 0 saturated carbocycles. The van der Waals surface area contributed by atoms with Crippen molar-refractivity contribution in [2.75, 3.05) is 17.4 Å². The van der Waals surface area contributed by atoms with E-state index < -0.39 is 5.82 Å². The molecule has 0 unspecified atom stereocenters. The van der Waals surface area contributed by atoms with Crippen LogP contribution < -0.4 is 16.2 Å². The van der Waals surface area contributed by atoms with Crippen LogP contribution in [0, 0.1) is 12.7 Å². The number of halogens is 1. The molecule has 0 radical (unpaired) electrons. The van der Waals surface area contributed by atoms with Gasteiger partial charge in [0.15, 0.2) is 11.6 Å². The molecule has 2 heterocycles. The van der Waals surface area contributed by atoms with E-state index in [2.05, 4.69) is 15.4 Å². The van der Waals surface area contributed by atoms with Crippen LogP contribution in [0.15, 0.2) is 22.7 Å². The highest BCUT2D eigenvalue weighted by Crippen LogP contribution is 2.18. The predicted octanol–water partition coefficient (Wildman–Crippen LogP) is 1.44. The number of nitrogens with one attached hydrogen (secondary N) is 1. The first-order valence-electron chi connectivity index (χ1n) is 5.35. The molecule has 0 spiro atoms. The number of rotatable bonds is 4. The molecule has 0 aliphatic rings. The van der Waals surface area contributed by atoms with Gasteiger partial charge < -0.3 is 9.32 Å². The molecule has 0 aromatic carbocycles. The Hall–Kier alpha value is -2.15. The fourth-order valence-corrected chi connectivity index (χ4v) is 1.57. The second-order valence-electron chi connectivity index (χ2n) is 3.88. The van der Waals surface area contributed by atoms with Gasteiger partial charge in [0.1, 0.15) is 11.5 Å². The van der Waals surface area contributed by atoms with Crippen LogP contribution in [0.5, 0.6) is 0 Å². The number of hydrogen-bond acceptors (Lipinski definition) is 6. The highest BCUT2D eigenvalue weighted by Gasteiger charge is 2.13. The second kappa shape index (κ2) is 5.01. The second-order valence-corrected chi connectivity index (χ2v) is 3.88. The first kappa shape index (κ1) is 12.3. The van der Waals surface area contributed by atoms with Gasteiger partial charge in [-0.15, -0.1) is 0 Å². The average Bonchev–Trinajstić information content (AvgIpc) is 2.75. The van der Waals surface area contributed by atoms with Gasteiger partial charge in [0.25, 0.3) is 0 Å². The standard InChI is InChI=1S/C11H14FN5O/c1-7-3-4-8(18-7)6-17(2)10-9(12)5-14-11(15-10)16-13/h3-5H,6,13H2,1-2H3,(H,14,15,16). The SMILES string of the molecule is Cc1ccc(CN(C)c2nc(NN)ncc2F)o1. The molecule has 0 bridgehead atoms. The zero-order chi connectivity index (χ0) is 13.1. The van der Waals surface area contributed by atoms with Crippen LogP contribution in [-0.2, 0) is 6.54 Å². The van der Waals surface area contributed by atoms with Gasteiger partial charge in [0.2, 0.25) is 5.95 Å². The van der Waals surface area contributed by atoms with E-state index in [1.807, 2.05) is 19.1 Å². The van der Waals surface area contributed by atoms with Crippen molar-refractivity contribution in [3.05, 3.63) is 35.7 Å². The maximum absolute atomic E-state index is 13.6. The molecule has 0 saturated heterocycles. The topological polar surface area (TPSA) is 80.2 Å². The summed E-state index contributed by atoms with van der Waals surface area (Å²) in [6.45, 7) is 2.26. The van der Waals surface area contributed by atoms with Crippen molar-refractivity contribution in [3.8, 4) is 0 Å². The summed E-state index contributed by atoms with van der Waals surface area (Å²) in [4.78, 5) is 9.26. The molecule has 0 amide bonds. The Morgan fingerprint density at radius 3 is 2.89 bits per heavy atom. The molecule has 2 aromatic heterocycles. The van der Waals surface area contributed by atoms with Crippen molar-refractivity contribution in [2.24, 2.45) is 5.84 Å². The van der Waals surface area contributed by atoms with Gasteiger partial charge in [-0.3, -0.25) is 5.43 Å². The molecule has 96 valence electrons. The first-order valence-corrected chi connectivity index (χ1v) is 5.35. The van der Waals surface area contributed by atoms with Gasteiger partial charge >= 0.3 is 0 Å². The smallest absolute Gasteiger partial charge is 0.239 e. The molecular formula is C11H14FN5O. The Balaban J connectivity index is 2.20. The van der Waals surface area contributed by atoms with Gasteiger partial charge in [0, 0.05) is 7.05 Å². The monoisotopic (exact) mass is 251 g/mol. The average molecular weight is 251 g/mol. The number of nitrogen functional groups attached to an aromatic ring is 1. The highest BCUT2D eigenvalue weighted by atomic mass is 19.1. The number of nitrogens with zero attached hydrogens (tertiary/aromatic N) is 3. The van der Waals surface area contributed by atoms with Crippen LogP contribution >= 0.6 is 0 Å². The number of furan rings is 1. The molecular weight excluding hydrogens is 237 g/mol. The maximum atomic E-state index is 13.6. The molecule has 0 aliphatic heterocycles. The van der Waals surface area contributed by atoms with E-state index in [0.717, 1.165) is 17.7 Å². The van der Waals surface area contributed by atoms with E-state index in [1.54, 1.807) is 11.9 Å². The molecule has 6 nitrogen and oxygen atoms in total. The number of anilines is 2. The Morgan fingerprint density at radius 2 is 2.28 bits per heavy atom. The van der Waals surface area contributed by atoms with Crippen molar-refractivity contribution in [1.29, 1.82) is 0 Å². The van der Waals surface area contributed by atoms with Gasteiger partial charge in [-0.1, -0.05) is 0 Å². The van der Waals surface area contributed by atoms with Crippen LogP contribution in [-0.4, -0.2) is 17.0 Å². The minimum atomic E-state index is -0.514. The van der Waals surface area contributed by atoms with Gasteiger partial charge in [-0.25, -0.2) is 15.2 Å². The summed E-state index contributed by atoms with van der Waals surface area (Å²) < 4.78 is 19.0. The van der Waals surface area contributed by atoms with Crippen molar-refractivity contribution in [3.63, 3.8) is 0 Å². The fraction of sp³-hybridized carbons (Fsp3) is 0.273. The lowest BCUT2D eigenvalue weighted by Crippen LogP contribution is -2.21. The van der Waals surface area contributed by atoms with E-state index in [4.69, 9.17) is 10.3 Å². The minimum Gasteiger partial charge on any atom is -0.464 e. The van der Waals surface area contributed by atoms with Crippen molar-refractivity contribution >= 4 is 11.8 Å². The highest BCUT2D eigenvalue weighted by molar-refractivity contribution is 5.42. The zero-order valence-electron chi connectivity index (χ0n) is 10.1. The molecule has 0 atom stereocenters. The Morgan fingerprint density at radius 1 is 1.50 bits per heavy atom. The van der Waals surface area contributed by atoms with Gasteiger partial charge in [-0.05, 0) is 19.1 Å². The Kier molecular flexibility index (Phi) is 3.42. The number of nitrogens with two attached hydrogens (primary N) is 1. The summed E-state index contributed by atoms with van der Waals surface area (Å²) in [5.41, 5.74) is 2.28. The summed E-state index contributed by atoms with van der Waals surface area (Å²) in [6.07, 6.45) is 1.07. The Labute approximate surface area is 104 Å². The van der Waals surface area contributed by atoms with E-state index in [9.17, 15) is 4.39 Å². The largest absolute Gasteiger partial charge is 0.464 e. The summed E-state index contributed by atoms with van der Waals surface area (Å²) in [6, 6.07) is 3.69. The molecule has 7 heteroatoms. The molecule has 3 N–H and O–H groups in total. The summed E-state index contributed by atoms with van der Waals surface area (Å²) in [7, 11) is 1.71. The van der Waals surface area contributed by atoms with Gasteiger partial charge in [-0.2, -0.15) is 4.98 Å². The number of hydrogen-bond donors (Lipinski definition) is 2. The number of hydrazine groups is 1. The number of aromatic nitrogens is 2. The van der Waals surface area contributed by atoms with Gasteiger partial charge in [0.05, 0.1) is 12.7 Å². The lowest BCUT2D eigenvalue weighted by molar-refractivity contribution is 0.479. The quantitative estimate of drug-likeness (QED) is 0.632. The van der Waals surface area contributed by atoms with E-state index >= 15 is 0 Å². The van der Waals surface area contributed by atoms with E-state index in [1.165, 1.54) is 0 Å². The molecule has 0 fully saturated rings. The third-order valence-corrected chi connectivity index (χ3v) is 2.41. The normalized spacial score (nSPS) is 10.4. The van der Waals surface area contributed by atoms with E-state index in [0.29, 0.717) is 6.54 Å². The summed E-state index contributed by atoms with van der Waals surface area (Å²) in [5.74, 6) is 6.54. The van der Waals surface area contributed by atoms with Crippen LogP contribution in [0.3, 0.4) is 0 Å². The van der Waals surface area contributed by atoms with Crippen LogP contribution in [0.1, 0.15) is 11.5 Å².